The molecule has 1 rings (SSSR count). The maximum absolute atomic E-state index is 12.4. The molecule has 1 aromatic rings. The van der Waals surface area contributed by atoms with Gasteiger partial charge in [-0.2, -0.15) is 0 Å². The van der Waals surface area contributed by atoms with Gasteiger partial charge in [0.15, 0.2) is 0 Å². The van der Waals surface area contributed by atoms with E-state index < -0.39 is 0 Å². The van der Waals surface area contributed by atoms with Gasteiger partial charge < -0.3 is 21.7 Å². The molecular formula is C10H12BrFMgO. The van der Waals surface area contributed by atoms with Crippen molar-refractivity contribution in [2.24, 2.45) is 0 Å². The molecule has 0 aliphatic heterocycles. The monoisotopic (exact) mass is 270 g/mol. The van der Waals surface area contributed by atoms with Crippen molar-refractivity contribution in [3.8, 4) is 5.75 Å². The van der Waals surface area contributed by atoms with Crippen molar-refractivity contribution in [1.82, 2.24) is 0 Å². The van der Waals surface area contributed by atoms with Crippen LogP contribution in [0.1, 0.15) is 19.8 Å². The average Bonchev–Trinajstić information content (AvgIpc) is 2.09. The molecular weight excluding hydrogens is 259 g/mol. The van der Waals surface area contributed by atoms with Crippen LogP contribution in [0.3, 0.4) is 0 Å². The van der Waals surface area contributed by atoms with Gasteiger partial charge >= 0.3 is 23.1 Å². The molecule has 0 atom stereocenters. The van der Waals surface area contributed by atoms with Crippen molar-refractivity contribution in [2.75, 3.05) is 6.61 Å². The Kier molecular flexibility index (Phi) is 11.6. The minimum absolute atomic E-state index is 0. The van der Waals surface area contributed by atoms with E-state index in [4.69, 9.17) is 4.74 Å². The minimum atomic E-state index is -0.280. The van der Waals surface area contributed by atoms with Gasteiger partial charge in [0.1, 0.15) is 0 Å². The molecule has 14 heavy (non-hydrogen) atoms. The molecule has 0 amide bonds. The van der Waals surface area contributed by atoms with E-state index in [1.54, 1.807) is 6.07 Å². The molecule has 0 unspecified atom stereocenters. The molecule has 0 radical (unpaired) electrons. The van der Waals surface area contributed by atoms with Crippen LogP contribution in [0.2, 0.25) is 0 Å². The van der Waals surface area contributed by atoms with Gasteiger partial charge in [-0.05, 0) is 6.42 Å². The van der Waals surface area contributed by atoms with Gasteiger partial charge in [-0.3, -0.25) is 4.39 Å². The Morgan fingerprint density at radius 2 is 2.14 bits per heavy atom. The minimum Gasteiger partial charge on any atom is -1.00 e. The van der Waals surface area contributed by atoms with Crippen LogP contribution < -0.4 is 21.7 Å². The first-order valence-corrected chi connectivity index (χ1v) is 4.13. The fourth-order valence-electron chi connectivity index (χ4n) is 0.808. The molecule has 1 nitrogen and oxygen atoms in total. The molecule has 0 spiro atoms. The third-order valence-corrected chi connectivity index (χ3v) is 1.50. The van der Waals surface area contributed by atoms with Crippen LogP contribution in [0.4, 0.5) is 4.39 Å². The van der Waals surface area contributed by atoms with Gasteiger partial charge in [-0.25, -0.2) is 0 Å². The van der Waals surface area contributed by atoms with Crippen LogP contribution in [-0.2, 0) is 0 Å². The summed E-state index contributed by atoms with van der Waals surface area (Å²) in [5.41, 5.74) is 0. The third kappa shape index (κ3) is 6.62. The van der Waals surface area contributed by atoms with Crippen LogP contribution in [0, 0.1) is 11.9 Å². The molecule has 0 aliphatic rings. The predicted molar refractivity (Wildman–Crippen MR) is 51.4 cm³/mol. The Morgan fingerprint density at radius 3 is 2.64 bits per heavy atom. The summed E-state index contributed by atoms with van der Waals surface area (Å²) in [6.45, 7) is 2.77. The number of rotatable bonds is 4. The van der Waals surface area contributed by atoms with Crippen LogP contribution in [0.15, 0.2) is 18.2 Å². The molecule has 0 saturated heterocycles. The fourth-order valence-corrected chi connectivity index (χ4v) is 0.808. The van der Waals surface area contributed by atoms with Crippen LogP contribution in [0.5, 0.6) is 5.75 Å². The SMILES string of the molecule is CCCCOc1[c-]cc(F)cc1.[Br-].[Mg+2]. The Bertz CT molecular complexity index is 228. The van der Waals surface area contributed by atoms with E-state index >= 15 is 0 Å². The van der Waals surface area contributed by atoms with Gasteiger partial charge in [0.05, 0.1) is 6.61 Å². The van der Waals surface area contributed by atoms with E-state index in [1.165, 1.54) is 12.1 Å². The molecule has 0 saturated carbocycles. The van der Waals surface area contributed by atoms with Gasteiger partial charge in [-0.15, -0.1) is 24.3 Å². The summed E-state index contributed by atoms with van der Waals surface area (Å²) in [4.78, 5) is 0. The molecule has 1 aromatic carbocycles. The largest absolute Gasteiger partial charge is 2.00 e. The summed E-state index contributed by atoms with van der Waals surface area (Å²) in [7, 11) is 0. The summed E-state index contributed by atoms with van der Waals surface area (Å²) in [6.07, 6.45) is 2.12. The van der Waals surface area contributed by atoms with Crippen LogP contribution >= 0.6 is 0 Å². The molecule has 74 valence electrons. The molecule has 0 fully saturated rings. The zero-order valence-corrected chi connectivity index (χ0v) is 11.2. The Labute approximate surface area is 111 Å². The first-order valence-electron chi connectivity index (χ1n) is 4.13. The van der Waals surface area contributed by atoms with E-state index in [9.17, 15) is 4.39 Å². The number of ether oxygens (including phenoxy) is 1. The van der Waals surface area contributed by atoms with E-state index in [0.29, 0.717) is 12.4 Å². The first-order chi connectivity index (χ1) is 5.83. The van der Waals surface area contributed by atoms with E-state index in [1.807, 2.05) is 0 Å². The van der Waals surface area contributed by atoms with Crippen molar-refractivity contribution in [1.29, 1.82) is 0 Å². The topological polar surface area (TPSA) is 9.23 Å². The van der Waals surface area contributed by atoms with E-state index in [2.05, 4.69) is 13.0 Å². The molecule has 0 bridgehead atoms. The van der Waals surface area contributed by atoms with Gasteiger partial charge in [-0.1, -0.05) is 13.3 Å². The quantitative estimate of drug-likeness (QED) is 0.405. The second-order valence-electron chi connectivity index (χ2n) is 2.57. The molecule has 0 N–H and O–H groups in total. The van der Waals surface area contributed by atoms with Crippen LogP contribution in [0.25, 0.3) is 0 Å². The standard InChI is InChI=1S/C10H12FO.BrH.Mg/c1-2-3-8-12-10-6-4-9(11)5-7-10;;/h4-6H,2-3,8H2,1H3;1H;/q-1;;+2/p-1. The first kappa shape index (κ1) is 16.6. The summed E-state index contributed by atoms with van der Waals surface area (Å²) < 4.78 is 17.7. The normalized spacial score (nSPS) is 8.43. The predicted octanol–water partition coefficient (Wildman–Crippen LogP) is -0.572. The second-order valence-corrected chi connectivity index (χ2v) is 2.57. The summed E-state index contributed by atoms with van der Waals surface area (Å²) >= 11 is 0. The van der Waals surface area contributed by atoms with E-state index in [0.717, 1.165) is 12.8 Å². The second kappa shape index (κ2) is 9.74. The number of hydrogen-bond acceptors (Lipinski definition) is 1. The van der Waals surface area contributed by atoms with Crippen molar-refractivity contribution in [2.45, 2.75) is 19.8 Å². The number of halogens is 2. The summed E-state index contributed by atoms with van der Waals surface area (Å²) in [5, 5.41) is 0. The number of unbranched alkanes of at least 4 members (excludes halogenated alkanes) is 1. The summed E-state index contributed by atoms with van der Waals surface area (Å²) in [6, 6.07) is 6.94. The van der Waals surface area contributed by atoms with Gasteiger partial charge in [0.25, 0.3) is 0 Å². The average molecular weight is 271 g/mol. The Morgan fingerprint density at radius 1 is 1.43 bits per heavy atom. The molecule has 0 aliphatic carbocycles. The summed E-state index contributed by atoms with van der Waals surface area (Å²) in [5.74, 6) is 0.336. The van der Waals surface area contributed by atoms with Gasteiger partial charge in [0, 0.05) is 11.6 Å². The van der Waals surface area contributed by atoms with Crippen molar-refractivity contribution in [3.63, 3.8) is 0 Å². The van der Waals surface area contributed by atoms with Crippen molar-refractivity contribution >= 4 is 23.1 Å². The zero-order chi connectivity index (χ0) is 8.81. The Hall–Kier alpha value is 0.196. The zero-order valence-electron chi connectivity index (χ0n) is 8.22. The van der Waals surface area contributed by atoms with Crippen LogP contribution in [-0.4, -0.2) is 29.7 Å². The third-order valence-electron chi connectivity index (χ3n) is 1.50. The molecule has 4 heteroatoms. The fraction of sp³-hybridized carbons (Fsp3) is 0.400. The molecule has 0 heterocycles. The molecule has 0 aromatic heterocycles. The smallest absolute Gasteiger partial charge is 1.00 e. The van der Waals surface area contributed by atoms with E-state index in [-0.39, 0.29) is 45.9 Å². The maximum Gasteiger partial charge on any atom is 2.00 e. The number of benzene rings is 1. The number of hydrogen-bond donors (Lipinski definition) is 0. The van der Waals surface area contributed by atoms with Gasteiger partial charge in [0.2, 0.25) is 0 Å². The van der Waals surface area contributed by atoms with Crippen molar-refractivity contribution in [3.05, 3.63) is 30.1 Å². The van der Waals surface area contributed by atoms with Crippen molar-refractivity contribution < 1.29 is 26.1 Å². The maximum atomic E-state index is 12.4. The Balaban J connectivity index is 0.